The lowest BCUT2D eigenvalue weighted by Crippen LogP contribution is -2.28. The molecule has 134 valence electrons. The van der Waals surface area contributed by atoms with Crippen molar-refractivity contribution >= 4 is 45.2 Å². The van der Waals surface area contributed by atoms with Gasteiger partial charge in [-0.25, -0.2) is 14.4 Å². The Morgan fingerprint density at radius 2 is 2.00 bits per heavy atom. The molecule has 0 aliphatic rings. The van der Waals surface area contributed by atoms with E-state index in [4.69, 9.17) is 4.74 Å². The van der Waals surface area contributed by atoms with E-state index in [1.165, 1.54) is 41.6 Å². The summed E-state index contributed by atoms with van der Waals surface area (Å²) in [6, 6.07) is 7.68. The first-order chi connectivity index (χ1) is 12.6. The predicted octanol–water partition coefficient (Wildman–Crippen LogP) is 2.78. The van der Waals surface area contributed by atoms with Crippen LogP contribution < -0.4 is 5.32 Å². The fourth-order valence-corrected chi connectivity index (χ4v) is 3.63. The quantitative estimate of drug-likeness (QED) is 0.379. The average Bonchev–Trinajstić information content (AvgIpc) is 3.13. The number of esters is 1. The molecule has 0 saturated heterocycles. The monoisotopic (exact) mass is 391 g/mol. The van der Waals surface area contributed by atoms with E-state index in [0.29, 0.717) is 5.03 Å². The van der Waals surface area contributed by atoms with Crippen molar-refractivity contribution in [1.29, 1.82) is 0 Å². The molecule has 26 heavy (non-hydrogen) atoms. The number of nitrogens with one attached hydrogen (secondary N) is 1. The van der Waals surface area contributed by atoms with Gasteiger partial charge >= 0.3 is 5.97 Å². The van der Waals surface area contributed by atoms with Crippen LogP contribution in [-0.2, 0) is 20.9 Å². The van der Waals surface area contributed by atoms with E-state index in [1.807, 2.05) is 11.4 Å². The second-order valence-corrected chi connectivity index (χ2v) is 7.03. The van der Waals surface area contributed by atoms with Crippen molar-refractivity contribution in [3.63, 3.8) is 0 Å². The summed E-state index contributed by atoms with van der Waals surface area (Å²) in [7, 11) is 0. The number of thioether (sulfide) groups is 1. The third-order valence-corrected chi connectivity index (χ3v) is 5.12. The highest BCUT2D eigenvalue weighted by atomic mass is 32.2. The van der Waals surface area contributed by atoms with Crippen molar-refractivity contribution in [2.75, 3.05) is 12.4 Å². The van der Waals surface area contributed by atoms with Crippen LogP contribution in [-0.4, -0.2) is 34.2 Å². The summed E-state index contributed by atoms with van der Waals surface area (Å²) in [4.78, 5) is 32.7. The molecular weight excluding hydrogens is 377 g/mol. The third-order valence-electron chi connectivity index (χ3n) is 3.32. The Morgan fingerprint density at radius 1 is 1.19 bits per heavy atom. The molecule has 0 fully saturated rings. The number of ether oxygens (including phenoxy) is 1. The highest BCUT2D eigenvalue weighted by Gasteiger charge is 2.11. The number of aromatic nitrogens is 2. The van der Waals surface area contributed by atoms with Crippen LogP contribution in [0.25, 0.3) is 10.2 Å². The van der Waals surface area contributed by atoms with Gasteiger partial charge in [-0.1, -0.05) is 23.9 Å². The van der Waals surface area contributed by atoms with E-state index in [9.17, 15) is 14.0 Å². The van der Waals surface area contributed by atoms with Gasteiger partial charge in [0.1, 0.15) is 22.0 Å². The number of amides is 1. The smallest absolute Gasteiger partial charge is 0.316 e. The summed E-state index contributed by atoms with van der Waals surface area (Å²) >= 11 is 2.74. The highest BCUT2D eigenvalue weighted by Crippen LogP contribution is 2.27. The average molecular weight is 391 g/mol. The van der Waals surface area contributed by atoms with Crippen molar-refractivity contribution in [3.8, 4) is 0 Å². The summed E-state index contributed by atoms with van der Waals surface area (Å²) in [6.45, 7) is -0.124. The zero-order valence-corrected chi connectivity index (χ0v) is 15.1. The van der Waals surface area contributed by atoms with Crippen LogP contribution in [0.3, 0.4) is 0 Å². The minimum absolute atomic E-state index is 0.0488. The molecule has 6 nitrogen and oxygen atoms in total. The SMILES string of the molecule is O=C(COC(=O)CSc1ncnc2sccc12)NCc1ccc(F)cc1. The van der Waals surface area contributed by atoms with E-state index < -0.39 is 11.9 Å². The van der Waals surface area contributed by atoms with E-state index in [-0.39, 0.29) is 24.7 Å². The summed E-state index contributed by atoms with van der Waals surface area (Å²) in [5.74, 6) is -1.22. The first kappa shape index (κ1) is 18.3. The number of hydrogen-bond donors (Lipinski definition) is 1. The molecule has 1 N–H and O–H groups in total. The van der Waals surface area contributed by atoms with E-state index in [0.717, 1.165) is 15.8 Å². The number of carbonyl (C=O) groups is 2. The second-order valence-electron chi connectivity index (χ2n) is 5.17. The van der Waals surface area contributed by atoms with Gasteiger partial charge in [0.05, 0.1) is 5.75 Å². The first-order valence-corrected chi connectivity index (χ1v) is 9.46. The lowest BCUT2D eigenvalue weighted by atomic mass is 10.2. The molecule has 0 radical (unpaired) electrons. The van der Waals surface area contributed by atoms with Crippen LogP contribution in [0.1, 0.15) is 5.56 Å². The second kappa shape index (κ2) is 8.72. The van der Waals surface area contributed by atoms with Crippen LogP contribution in [0.15, 0.2) is 47.1 Å². The molecule has 1 aromatic carbocycles. The molecule has 0 atom stereocenters. The molecule has 0 unspecified atom stereocenters. The Hall–Kier alpha value is -2.52. The highest BCUT2D eigenvalue weighted by molar-refractivity contribution is 8.00. The van der Waals surface area contributed by atoms with Crippen LogP contribution in [0.4, 0.5) is 4.39 Å². The standard InChI is InChI=1S/C17H14FN3O3S2/c18-12-3-1-11(2-4-12)7-19-14(22)8-24-15(23)9-26-17-13-5-6-25-16(13)20-10-21-17/h1-6,10H,7-9H2,(H,19,22). The van der Waals surface area contributed by atoms with Gasteiger partial charge in [-0.3, -0.25) is 9.59 Å². The normalized spacial score (nSPS) is 10.7. The number of hydrogen-bond acceptors (Lipinski definition) is 7. The Bertz CT molecular complexity index is 915. The Kier molecular flexibility index (Phi) is 6.13. The van der Waals surface area contributed by atoms with E-state index >= 15 is 0 Å². The Balaban J connectivity index is 1.40. The number of halogens is 1. The summed E-state index contributed by atoms with van der Waals surface area (Å²) in [5, 5.41) is 6.11. The minimum atomic E-state index is -0.506. The van der Waals surface area contributed by atoms with E-state index in [2.05, 4.69) is 15.3 Å². The van der Waals surface area contributed by atoms with Crippen molar-refractivity contribution in [2.24, 2.45) is 0 Å². The molecule has 0 saturated carbocycles. The van der Waals surface area contributed by atoms with Gasteiger partial charge in [-0.15, -0.1) is 11.3 Å². The van der Waals surface area contributed by atoms with Gasteiger partial charge in [0.15, 0.2) is 6.61 Å². The molecule has 1 amide bonds. The summed E-state index contributed by atoms with van der Waals surface area (Å²) < 4.78 is 17.8. The molecule has 0 aliphatic heterocycles. The number of benzene rings is 1. The zero-order chi connectivity index (χ0) is 18.4. The first-order valence-electron chi connectivity index (χ1n) is 7.59. The number of nitrogens with zero attached hydrogens (tertiary/aromatic N) is 2. The lowest BCUT2D eigenvalue weighted by Gasteiger charge is -2.07. The zero-order valence-electron chi connectivity index (χ0n) is 13.5. The fraction of sp³-hybridized carbons (Fsp3) is 0.176. The molecule has 3 rings (SSSR count). The maximum atomic E-state index is 12.8. The summed E-state index contributed by atoms with van der Waals surface area (Å²) in [6.07, 6.45) is 1.45. The van der Waals surface area contributed by atoms with Gasteiger partial charge in [-0.05, 0) is 29.1 Å². The largest absolute Gasteiger partial charge is 0.455 e. The van der Waals surface area contributed by atoms with Crippen LogP contribution in [0.5, 0.6) is 0 Å². The molecular formula is C17H14FN3O3S2. The third kappa shape index (κ3) is 4.99. The van der Waals surface area contributed by atoms with Crippen molar-refractivity contribution in [2.45, 2.75) is 11.6 Å². The molecule has 0 bridgehead atoms. The number of fused-ring (bicyclic) bond motifs is 1. The molecule has 0 aliphatic carbocycles. The topological polar surface area (TPSA) is 81.2 Å². The predicted molar refractivity (Wildman–Crippen MR) is 97.3 cm³/mol. The maximum absolute atomic E-state index is 12.8. The molecule has 9 heteroatoms. The minimum Gasteiger partial charge on any atom is -0.455 e. The van der Waals surface area contributed by atoms with Crippen molar-refractivity contribution in [1.82, 2.24) is 15.3 Å². The van der Waals surface area contributed by atoms with Gasteiger partial charge in [0, 0.05) is 11.9 Å². The molecule has 3 aromatic rings. The van der Waals surface area contributed by atoms with Gasteiger partial charge in [0.25, 0.3) is 5.91 Å². The van der Waals surface area contributed by atoms with Crippen LogP contribution in [0, 0.1) is 5.82 Å². The number of thiophene rings is 1. The maximum Gasteiger partial charge on any atom is 0.316 e. The Labute approximate surface area is 156 Å². The van der Waals surface area contributed by atoms with Crippen molar-refractivity contribution < 1.29 is 18.7 Å². The van der Waals surface area contributed by atoms with Gasteiger partial charge < -0.3 is 10.1 Å². The van der Waals surface area contributed by atoms with Crippen molar-refractivity contribution in [3.05, 3.63) is 53.4 Å². The van der Waals surface area contributed by atoms with Gasteiger partial charge in [-0.2, -0.15) is 0 Å². The molecule has 2 aromatic heterocycles. The number of rotatable bonds is 7. The van der Waals surface area contributed by atoms with E-state index in [1.54, 1.807) is 12.1 Å². The fourth-order valence-electron chi connectivity index (χ4n) is 2.05. The molecule has 2 heterocycles. The lowest BCUT2D eigenvalue weighted by molar-refractivity contribution is -0.145. The van der Waals surface area contributed by atoms with Crippen LogP contribution >= 0.6 is 23.1 Å². The molecule has 0 spiro atoms. The van der Waals surface area contributed by atoms with Crippen LogP contribution in [0.2, 0.25) is 0 Å². The number of carbonyl (C=O) groups excluding carboxylic acids is 2. The summed E-state index contributed by atoms with van der Waals surface area (Å²) in [5.41, 5.74) is 0.755. The van der Waals surface area contributed by atoms with Gasteiger partial charge in [0.2, 0.25) is 0 Å². The Morgan fingerprint density at radius 3 is 2.81 bits per heavy atom.